The number of rotatable bonds is 7. The summed E-state index contributed by atoms with van der Waals surface area (Å²) in [6.07, 6.45) is 4.37. The summed E-state index contributed by atoms with van der Waals surface area (Å²) in [7, 11) is 0. The topological polar surface area (TPSA) is 38.1 Å². The molecule has 2 rings (SSSR count). The first-order valence-corrected chi connectivity index (χ1v) is 7.97. The molecule has 22 heavy (non-hydrogen) atoms. The molecule has 2 atom stereocenters. The van der Waals surface area contributed by atoms with E-state index in [1.54, 1.807) is 12.3 Å². The van der Waals surface area contributed by atoms with Gasteiger partial charge in [0, 0.05) is 28.9 Å². The average molecular weight is 319 g/mol. The summed E-state index contributed by atoms with van der Waals surface area (Å²) in [6, 6.07) is 10.0. The van der Waals surface area contributed by atoms with Gasteiger partial charge in [-0.25, -0.2) is 0 Å². The quantitative estimate of drug-likeness (QED) is 0.769. The van der Waals surface area contributed by atoms with Crippen molar-refractivity contribution in [2.45, 2.75) is 44.8 Å². The second-order valence-electron chi connectivity index (χ2n) is 5.82. The fourth-order valence-electron chi connectivity index (χ4n) is 2.70. The molecule has 0 fully saturated rings. The Morgan fingerprint density at radius 2 is 1.95 bits per heavy atom. The summed E-state index contributed by atoms with van der Waals surface area (Å²) < 4.78 is 1.98. The molecule has 0 aliphatic rings. The van der Waals surface area contributed by atoms with Gasteiger partial charge in [-0.05, 0) is 50.5 Å². The van der Waals surface area contributed by atoms with Gasteiger partial charge in [-0.1, -0.05) is 29.8 Å². The lowest BCUT2D eigenvalue weighted by Gasteiger charge is -2.24. The van der Waals surface area contributed by atoms with Crippen molar-refractivity contribution in [3.05, 3.63) is 65.5 Å². The van der Waals surface area contributed by atoms with E-state index in [1.807, 2.05) is 35.0 Å². The molecule has 0 aliphatic heterocycles. The fourth-order valence-corrected chi connectivity index (χ4v) is 2.82. The molecule has 0 bridgehead atoms. The molecular formula is C18H23ClN2O. The summed E-state index contributed by atoms with van der Waals surface area (Å²) in [5.74, 6) is -0.0240. The number of nitrogens with zero attached hydrogens (tertiary/aromatic N) is 2. The van der Waals surface area contributed by atoms with Crippen LogP contribution in [0.4, 0.5) is 0 Å². The Hall–Kier alpha value is -1.58. The molecule has 1 aromatic carbocycles. The molecule has 0 saturated carbocycles. The number of aromatic nitrogens is 2. The zero-order valence-corrected chi connectivity index (χ0v) is 13.9. The monoisotopic (exact) mass is 318 g/mol. The Morgan fingerprint density at radius 3 is 2.55 bits per heavy atom. The van der Waals surface area contributed by atoms with Gasteiger partial charge in [0.25, 0.3) is 0 Å². The summed E-state index contributed by atoms with van der Waals surface area (Å²) >= 11 is 5.95. The number of hydrogen-bond acceptors (Lipinski definition) is 2. The molecule has 1 N–H and O–H groups in total. The average Bonchev–Trinajstić information content (AvgIpc) is 2.96. The third-order valence-corrected chi connectivity index (χ3v) is 4.06. The van der Waals surface area contributed by atoms with Crippen molar-refractivity contribution in [3.63, 3.8) is 0 Å². The van der Waals surface area contributed by atoms with Gasteiger partial charge in [0.1, 0.15) is 0 Å². The molecule has 0 unspecified atom stereocenters. The maximum Gasteiger partial charge on any atom is 0.0661 e. The lowest BCUT2D eigenvalue weighted by atomic mass is 9.89. The van der Waals surface area contributed by atoms with Crippen molar-refractivity contribution in [2.75, 3.05) is 0 Å². The molecule has 2 aromatic rings. The predicted octanol–water partition coefficient (Wildman–Crippen LogP) is 4.38. The zero-order valence-electron chi connectivity index (χ0n) is 13.1. The molecule has 1 aromatic heterocycles. The van der Waals surface area contributed by atoms with Gasteiger partial charge >= 0.3 is 0 Å². The van der Waals surface area contributed by atoms with E-state index in [9.17, 15) is 5.11 Å². The Labute approximate surface area is 137 Å². The summed E-state index contributed by atoms with van der Waals surface area (Å²) in [5, 5.41) is 15.7. The second kappa shape index (κ2) is 7.61. The van der Waals surface area contributed by atoms with Crippen LogP contribution in [-0.4, -0.2) is 21.0 Å². The van der Waals surface area contributed by atoms with Crippen LogP contribution in [0.25, 0.3) is 0 Å². The normalized spacial score (nSPS) is 14.0. The number of aliphatic hydroxyl groups excluding tert-OH is 1. The van der Waals surface area contributed by atoms with Crippen molar-refractivity contribution in [1.82, 2.24) is 9.78 Å². The first kappa shape index (κ1) is 16.8. The highest BCUT2D eigenvalue weighted by Gasteiger charge is 2.24. The lowest BCUT2D eigenvalue weighted by Crippen LogP contribution is -2.24. The van der Waals surface area contributed by atoms with E-state index >= 15 is 0 Å². The number of benzene rings is 1. The minimum absolute atomic E-state index is 0.0240. The van der Waals surface area contributed by atoms with Crippen LogP contribution >= 0.6 is 11.6 Å². The van der Waals surface area contributed by atoms with Gasteiger partial charge in [0.15, 0.2) is 0 Å². The highest BCUT2D eigenvalue weighted by Crippen LogP contribution is 2.28. The van der Waals surface area contributed by atoms with E-state index in [0.29, 0.717) is 6.42 Å². The van der Waals surface area contributed by atoms with Crippen LogP contribution < -0.4 is 0 Å². The maximum atomic E-state index is 10.6. The van der Waals surface area contributed by atoms with Gasteiger partial charge < -0.3 is 5.11 Å². The summed E-state index contributed by atoms with van der Waals surface area (Å²) in [6.45, 7) is 7.93. The maximum absolute atomic E-state index is 10.6. The number of aliphatic hydroxyl groups is 1. The summed E-state index contributed by atoms with van der Waals surface area (Å²) in [4.78, 5) is 0. The third kappa shape index (κ3) is 3.99. The standard InChI is InChI=1S/C18H23ClN2O/c1-4-5-18(22)16(12-14-6-8-15(19)9-7-14)17-10-11-20-21(17)13(2)3/h4,6-11,13,16,18,22H,1,5,12H2,2-3H3/t16-,18-/m1/s1. The van der Waals surface area contributed by atoms with E-state index in [1.165, 1.54) is 0 Å². The van der Waals surface area contributed by atoms with Crippen LogP contribution in [0.2, 0.25) is 5.02 Å². The van der Waals surface area contributed by atoms with Gasteiger partial charge in [-0.3, -0.25) is 4.68 Å². The minimum Gasteiger partial charge on any atom is -0.392 e. The van der Waals surface area contributed by atoms with E-state index < -0.39 is 6.10 Å². The molecule has 0 spiro atoms. The van der Waals surface area contributed by atoms with Crippen molar-refractivity contribution in [1.29, 1.82) is 0 Å². The molecule has 3 nitrogen and oxygen atoms in total. The Kier molecular flexibility index (Phi) is 5.81. The molecule has 0 saturated heterocycles. The predicted molar refractivity (Wildman–Crippen MR) is 91.3 cm³/mol. The van der Waals surface area contributed by atoms with Crippen LogP contribution in [-0.2, 0) is 6.42 Å². The van der Waals surface area contributed by atoms with Gasteiger partial charge in [0.05, 0.1) is 6.10 Å². The largest absolute Gasteiger partial charge is 0.392 e. The van der Waals surface area contributed by atoms with E-state index in [2.05, 4.69) is 25.5 Å². The molecule has 1 heterocycles. The molecule has 4 heteroatoms. The molecule has 118 valence electrons. The Balaban J connectivity index is 2.31. The van der Waals surface area contributed by atoms with Crippen LogP contribution in [0, 0.1) is 0 Å². The first-order chi connectivity index (χ1) is 10.5. The molecule has 0 radical (unpaired) electrons. The van der Waals surface area contributed by atoms with E-state index in [-0.39, 0.29) is 12.0 Å². The van der Waals surface area contributed by atoms with Crippen LogP contribution in [0.15, 0.2) is 49.2 Å². The van der Waals surface area contributed by atoms with Crippen molar-refractivity contribution >= 4 is 11.6 Å². The van der Waals surface area contributed by atoms with E-state index in [4.69, 9.17) is 11.6 Å². The van der Waals surface area contributed by atoms with Crippen LogP contribution in [0.1, 0.15) is 43.5 Å². The van der Waals surface area contributed by atoms with Crippen LogP contribution in [0.5, 0.6) is 0 Å². The number of hydrogen-bond donors (Lipinski definition) is 1. The smallest absolute Gasteiger partial charge is 0.0661 e. The minimum atomic E-state index is -0.484. The Bertz CT molecular complexity index is 604. The molecular weight excluding hydrogens is 296 g/mol. The van der Waals surface area contributed by atoms with E-state index in [0.717, 1.165) is 22.7 Å². The zero-order chi connectivity index (χ0) is 16.1. The Morgan fingerprint density at radius 1 is 1.27 bits per heavy atom. The van der Waals surface area contributed by atoms with Crippen molar-refractivity contribution in [3.8, 4) is 0 Å². The highest BCUT2D eigenvalue weighted by atomic mass is 35.5. The van der Waals surface area contributed by atoms with Crippen molar-refractivity contribution < 1.29 is 5.11 Å². The SMILES string of the molecule is C=CC[C@@H](O)[C@H](Cc1ccc(Cl)cc1)c1ccnn1C(C)C. The highest BCUT2D eigenvalue weighted by molar-refractivity contribution is 6.30. The van der Waals surface area contributed by atoms with Gasteiger partial charge in [0.2, 0.25) is 0 Å². The van der Waals surface area contributed by atoms with Crippen molar-refractivity contribution in [2.24, 2.45) is 0 Å². The first-order valence-electron chi connectivity index (χ1n) is 7.59. The lowest BCUT2D eigenvalue weighted by molar-refractivity contribution is 0.140. The van der Waals surface area contributed by atoms with Gasteiger partial charge in [-0.2, -0.15) is 5.10 Å². The van der Waals surface area contributed by atoms with Crippen LogP contribution in [0.3, 0.4) is 0 Å². The van der Waals surface area contributed by atoms with Gasteiger partial charge in [-0.15, -0.1) is 6.58 Å². The molecule has 0 amide bonds. The fraction of sp³-hybridized carbons (Fsp3) is 0.389. The second-order valence-corrected chi connectivity index (χ2v) is 6.26. The summed E-state index contributed by atoms with van der Waals surface area (Å²) in [5.41, 5.74) is 2.20. The third-order valence-electron chi connectivity index (χ3n) is 3.81. The number of halogens is 1. The molecule has 0 aliphatic carbocycles.